The molecule has 1 amide bonds. The minimum atomic E-state index is -0.402. The van der Waals surface area contributed by atoms with Gasteiger partial charge in [-0.05, 0) is 17.7 Å². The summed E-state index contributed by atoms with van der Waals surface area (Å²) < 4.78 is 0. The zero-order chi connectivity index (χ0) is 16.1. The number of benzene rings is 2. The van der Waals surface area contributed by atoms with Crippen molar-refractivity contribution < 1.29 is 4.79 Å². The van der Waals surface area contributed by atoms with Crippen LogP contribution in [0.2, 0.25) is 0 Å². The van der Waals surface area contributed by atoms with Gasteiger partial charge in [-0.2, -0.15) is 0 Å². The SMILES string of the molecule is CNC(=O)C(Cc1ccccc1)Nc1ncnc2ccccc12. The van der Waals surface area contributed by atoms with E-state index in [1.165, 1.54) is 6.33 Å². The molecule has 1 unspecified atom stereocenters. The average molecular weight is 306 g/mol. The lowest BCUT2D eigenvalue weighted by Gasteiger charge is -2.18. The molecule has 1 atom stereocenters. The van der Waals surface area contributed by atoms with E-state index in [-0.39, 0.29) is 5.91 Å². The summed E-state index contributed by atoms with van der Waals surface area (Å²) in [4.78, 5) is 20.8. The fourth-order valence-corrected chi connectivity index (χ4v) is 2.52. The maximum Gasteiger partial charge on any atom is 0.242 e. The molecule has 0 fully saturated rings. The minimum absolute atomic E-state index is 0.0726. The van der Waals surface area contributed by atoms with Crippen molar-refractivity contribution in [3.63, 3.8) is 0 Å². The van der Waals surface area contributed by atoms with Gasteiger partial charge in [-0.15, -0.1) is 0 Å². The molecular formula is C18H18N4O. The van der Waals surface area contributed by atoms with Gasteiger partial charge < -0.3 is 10.6 Å². The van der Waals surface area contributed by atoms with Crippen LogP contribution in [0.3, 0.4) is 0 Å². The van der Waals surface area contributed by atoms with Crippen molar-refractivity contribution in [1.29, 1.82) is 0 Å². The lowest BCUT2D eigenvalue weighted by atomic mass is 10.1. The standard InChI is InChI=1S/C18H18N4O/c1-19-18(23)16(11-13-7-3-2-4-8-13)22-17-14-9-5-6-10-15(14)20-12-21-17/h2-10,12,16H,11H2,1H3,(H,19,23)(H,20,21,22). The summed E-state index contributed by atoms with van der Waals surface area (Å²) in [5, 5.41) is 6.87. The van der Waals surface area contributed by atoms with E-state index < -0.39 is 6.04 Å². The maximum atomic E-state index is 12.2. The zero-order valence-corrected chi connectivity index (χ0v) is 12.9. The monoisotopic (exact) mass is 306 g/mol. The molecule has 1 aromatic heterocycles. The van der Waals surface area contributed by atoms with Gasteiger partial charge in [0.15, 0.2) is 0 Å². The van der Waals surface area contributed by atoms with Crippen LogP contribution in [0, 0.1) is 0 Å². The van der Waals surface area contributed by atoms with E-state index in [0.29, 0.717) is 12.2 Å². The van der Waals surface area contributed by atoms with Crippen LogP contribution in [0.15, 0.2) is 60.9 Å². The molecule has 5 nitrogen and oxygen atoms in total. The van der Waals surface area contributed by atoms with E-state index in [1.54, 1.807) is 7.05 Å². The van der Waals surface area contributed by atoms with E-state index in [0.717, 1.165) is 16.5 Å². The van der Waals surface area contributed by atoms with Gasteiger partial charge in [0, 0.05) is 18.9 Å². The Hall–Kier alpha value is -2.95. The maximum absolute atomic E-state index is 12.2. The first-order chi connectivity index (χ1) is 11.3. The molecule has 0 saturated heterocycles. The summed E-state index contributed by atoms with van der Waals surface area (Å²) in [7, 11) is 1.64. The van der Waals surface area contributed by atoms with E-state index in [1.807, 2.05) is 54.6 Å². The van der Waals surface area contributed by atoms with Crippen molar-refractivity contribution in [3.8, 4) is 0 Å². The largest absolute Gasteiger partial charge is 0.358 e. The van der Waals surface area contributed by atoms with Crippen molar-refractivity contribution in [2.24, 2.45) is 0 Å². The molecule has 0 radical (unpaired) electrons. The third-order valence-corrected chi connectivity index (χ3v) is 3.70. The third-order valence-electron chi connectivity index (χ3n) is 3.70. The third kappa shape index (κ3) is 3.45. The Balaban J connectivity index is 1.90. The van der Waals surface area contributed by atoms with Gasteiger partial charge in [0.25, 0.3) is 0 Å². The lowest BCUT2D eigenvalue weighted by Crippen LogP contribution is -2.39. The summed E-state index contributed by atoms with van der Waals surface area (Å²) in [5.41, 5.74) is 1.94. The summed E-state index contributed by atoms with van der Waals surface area (Å²) in [6, 6.07) is 17.3. The van der Waals surface area contributed by atoms with Crippen molar-refractivity contribution in [3.05, 3.63) is 66.5 Å². The molecule has 0 spiro atoms. The van der Waals surface area contributed by atoms with Crippen LogP contribution in [-0.2, 0) is 11.2 Å². The zero-order valence-electron chi connectivity index (χ0n) is 12.9. The Morgan fingerprint density at radius 3 is 2.57 bits per heavy atom. The highest BCUT2D eigenvalue weighted by Crippen LogP contribution is 2.20. The average Bonchev–Trinajstić information content (AvgIpc) is 2.61. The van der Waals surface area contributed by atoms with Gasteiger partial charge in [-0.1, -0.05) is 42.5 Å². The van der Waals surface area contributed by atoms with Gasteiger partial charge in [0.05, 0.1) is 5.52 Å². The number of anilines is 1. The van der Waals surface area contributed by atoms with Crippen LogP contribution in [0.4, 0.5) is 5.82 Å². The smallest absolute Gasteiger partial charge is 0.242 e. The summed E-state index contributed by atoms with van der Waals surface area (Å²) >= 11 is 0. The summed E-state index contributed by atoms with van der Waals surface area (Å²) in [6.45, 7) is 0. The van der Waals surface area contributed by atoms with Gasteiger partial charge in [-0.25, -0.2) is 9.97 Å². The molecule has 3 rings (SSSR count). The Bertz CT molecular complexity index is 799. The highest BCUT2D eigenvalue weighted by Gasteiger charge is 2.19. The summed E-state index contributed by atoms with van der Waals surface area (Å²) in [5.74, 6) is 0.594. The Kier molecular flexibility index (Phi) is 4.47. The summed E-state index contributed by atoms with van der Waals surface area (Å²) in [6.07, 6.45) is 2.09. The fraction of sp³-hybridized carbons (Fsp3) is 0.167. The topological polar surface area (TPSA) is 66.9 Å². The van der Waals surface area contributed by atoms with Crippen molar-refractivity contribution in [1.82, 2.24) is 15.3 Å². The number of aromatic nitrogens is 2. The molecular weight excluding hydrogens is 288 g/mol. The second kappa shape index (κ2) is 6.87. The Morgan fingerprint density at radius 1 is 1.04 bits per heavy atom. The predicted molar refractivity (Wildman–Crippen MR) is 91.2 cm³/mol. The van der Waals surface area contributed by atoms with E-state index in [4.69, 9.17) is 0 Å². The Labute approximate surface area is 134 Å². The molecule has 2 aromatic carbocycles. The van der Waals surface area contributed by atoms with Gasteiger partial charge in [0.2, 0.25) is 5.91 Å². The molecule has 0 aliphatic heterocycles. The van der Waals surface area contributed by atoms with Crippen LogP contribution in [0.5, 0.6) is 0 Å². The molecule has 3 aromatic rings. The van der Waals surface area contributed by atoms with Crippen molar-refractivity contribution in [2.75, 3.05) is 12.4 Å². The molecule has 0 bridgehead atoms. The number of hydrogen-bond acceptors (Lipinski definition) is 4. The number of nitrogens with zero attached hydrogens (tertiary/aromatic N) is 2. The molecule has 1 heterocycles. The van der Waals surface area contributed by atoms with Crippen molar-refractivity contribution >= 4 is 22.6 Å². The molecule has 5 heteroatoms. The number of amides is 1. The number of fused-ring (bicyclic) bond motifs is 1. The lowest BCUT2D eigenvalue weighted by molar-refractivity contribution is -0.121. The van der Waals surface area contributed by atoms with E-state index in [2.05, 4.69) is 20.6 Å². The van der Waals surface area contributed by atoms with Crippen molar-refractivity contribution in [2.45, 2.75) is 12.5 Å². The predicted octanol–water partition coefficient (Wildman–Crippen LogP) is 2.40. The number of likely N-dealkylation sites (N-methyl/N-ethyl adjacent to an activating group) is 1. The first-order valence-corrected chi connectivity index (χ1v) is 7.49. The number of carbonyl (C=O) groups excluding carboxylic acids is 1. The van der Waals surface area contributed by atoms with Gasteiger partial charge in [0.1, 0.15) is 18.2 Å². The number of rotatable bonds is 5. The minimum Gasteiger partial charge on any atom is -0.358 e. The second-order valence-corrected chi connectivity index (χ2v) is 5.24. The van der Waals surface area contributed by atoms with Gasteiger partial charge >= 0.3 is 0 Å². The fourth-order valence-electron chi connectivity index (χ4n) is 2.52. The molecule has 0 saturated carbocycles. The Morgan fingerprint density at radius 2 is 1.78 bits per heavy atom. The van der Waals surface area contributed by atoms with Crippen LogP contribution < -0.4 is 10.6 Å². The number of hydrogen-bond donors (Lipinski definition) is 2. The van der Waals surface area contributed by atoms with Crippen LogP contribution in [0.25, 0.3) is 10.9 Å². The molecule has 2 N–H and O–H groups in total. The molecule has 116 valence electrons. The molecule has 23 heavy (non-hydrogen) atoms. The van der Waals surface area contributed by atoms with Crippen LogP contribution in [0.1, 0.15) is 5.56 Å². The highest BCUT2D eigenvalue weighted by molar-refractivity contribution is 5.92. The molecule has 0 aliphatic rings. The first kappa shape index (κ1) is 15.0. The van der Waals surface area contributed by atoms with Gasteiger partial charge in [-0.3, -0.25) is 4.79 Å². The first-order valence-electron chi connectivity index (χ1n) is 7.49. The second-order valence-electron chi connectivity index (χ2n) is 5.24. The number of nitrogens with one attached hydrogen (secondary N) is 2. The van der Waals surface area contributed by atoms with Crippen LogP contribution >= 0.6 is 0 Å². The van der Waals surface area contributed by atoms with E-state index in [9.17, 15) is 4.79 Å². The van der Waals surface area contributed by atoms with E-state index >= 15 is 0 Å². The van der Waals surface area contributed by atoms with Crippen LogP contribution in [-0.4, -0.2) is 29.0 Å². The normalized spacial score (nSPS) is 11.9. The highest BCUT2D eigenvalue weighted by atomic mass is 16.2. The quantitative estimate of drug-likeness (QED) is 0.759. The molecule has 0 aliphatic carbocycles. The number of carbonyl (C=O) groups is 1. The number of para-hydroxylation sites is 1.